The molecule has 0 radical (unpaired) electrons. The van der Waals surface area contributed by atoms with E-state index in [0.717, 1.165) is 28.7 Å². The lowest BCUT2D eigenvalue weighted by molar-refractivity contribution is -0.147. The Kier molecular flexibility index (Phi) is 5.26. The molecule has 1 aliphatic rings. The van der Waals surface area contributed by atoms with Gasteiger partial charge in [-0.25, -0.2) is 9.59 Å². The highest BCUT2D eigenvalue weighted by atomic mass is 16.5. The van der Waals surface area contributed by atoms with Crippen LogP contribution in [0.4, 0.5) is 4.79 Å². The number of hydrogen-bond acceptors (Lipinski definition) is 4. The van der Waals surface area contributed by atoms with E-state index in [4.69, 9.17) is 9.47 Å². The maximum Gasteiger partial charge on any atom is 0.411 e. The molecule has 2 aromatic rings. The monoisotopic (exact) mass is 353 g/mol. The second-order valence-electron chi connectivity index (χ2n) is 6.28. The van der Waals surface area contributed by atoms with Gasteiger partial charge in [0, 0.05) is 0 Å². The standard InChI is InChI=1S/C21H23NO4/c1-4-9-18(20(23)25-2)22(21(24)26-3)19-16-12-7-5-10-14(16)15-11-6-8-13-17(15)19/h5-8,10-13,18-19H,4,9H2,1-3H3/t18-/m0/s1. The van der Waals surface area contributed by atoms with Crippen molar-refractivity contribution in [2.75, 3.05) is 14.2 Å². The van der Waals surface area contributed by atoms with Crippen molar-refractivity contribution in [3.05, 3.63) is 59.7 Å². The van der Waals surface area contributed by atoms with Crippen LogP contribution >= 0.6 is 0 Å². The summed E-state index contributed by atoms with van der Waals surface area (Å²) in [5, 5.41) is 0. The summed E-state index contributed by atoms with van der Waals surface area (Å²) in [4.78, 5) is 26.8. The lowest BCUT2D eigenvalue weighted by Gasteiger charge is -2.34. The molecule has 26 heavy (non-hydrogen) atoms. The summed E-state index contributed by atoms with van der Waals surface area (Å²) < 4.78 is 10.0. The molecule has 2 aromatic carbocycles. The summed E-state index contributed by atoms with van der Waals surface area (Å²) in [6.45, 7) is 1.97. The van der Waals surface area contributed by atoms with Gasteiger partial charge in [-0.2, -0.15) is 0 Å². The van der Waals surface area contributed by atoms with Gasteiger partial charge in [0.25, 0.3) is 0 Å². The molecule has 136 valence electrons. The third kappa shape index (κ3) is 2.94. The van der Waals surface area contributed by atoms with Crippen LogP contribution < -0.4 is 0 Å². The lowest BCUT2D eigenvalue weighted by atomic mass is 10.00. The van der Waals surface area contributed by atoms with Crippen molar-refractivity contribution in [3.63, 3.8) is 0 Å². The zero-order chi connectivity index (χ0) is 18.7. The average Bonchev–Trinajstić information content (AvgIpc) is 3.01. The predicted molar refractivity (Wildman–Crippen MR) is 98.7 cm³/mol. The van der Waals surface area contributed by atoms with Crippen LogP contribution in [-0.2, 0) is 14.3 Å². The van der Waals surface area contributed by atoms with E-state index in [9.17, 15) is 9.59 Å². The number of rotatable bonds is 5. The fourth-order valence-corrected chi connectivity index (χ4v) is 3.73. The first kappa shape index (κ1) is 18.0. The zero-order valence-electron chi connectivity index (χ0n) is 15.3. The number of esters is 1. The third-order valence-corrected chi connectivity index (χ3v) is 4.84. The second-order valence-corrected chi connectivity index (χ2v) is 6.28. The number of amides is 1. The number of nitrogens with zero attached hydrogens (tertiary/aromatic N) is 1. The van der Waals surface area contributed by atoms with Gasteiger partial charge in [0.15, 0.2) is 0 Å². The second kappa shape index (κ2) is 7.60. The van der Waals surface area contributed by atoms with Gasteiger partial charge in [0.2, 0.25) is 0 Å². The summed E-state index contributed by atoms with van der Waals surface area (Å²) >= 11 is 0. The van der Waals surface area contributed by atoms with Crippen molar-refractivity contribution in [1.29, 1.82) is 0 Å². The van der Waals surface area contributed by atoms with Gasteiger partial charge in [0.05, 0.1) is 20.3 Å². The van der Waals surface area contributed by atoms with Crippen molar-refractivity contribution < 1.29 is 19.1 Å². The molecule has 5 nitrogen and oxygen atoms in total. The molecule has 0 saturated carbocycles. The van der Waals surface area contributed by atoms with Crippen molar-refractivity contribution in [2.24, 2.45) is 0 Å². The minimum absolute atomic E-state index is 0.384. The van der Waals surface area contributed by atoms with Gasteiger partial charge in [0.1, 0.15) is 6.04 Å². The van der Waals surface area contributed by atoms with Crippen LogP contribution in [0, 0.1) is 0 Å². The van der Waals surface area contributed by atoms with Crippen LogP contribution in [0.15, 0.2) is 48.5 Å². The number of benzene rings is 2. The molecule has 0 N–H and O–H groups in total. The molecule has 0 fully saturated rings. The molecule has 0 heterocycles. The molecular formula is C21H23NO4. The summed E-state index contributed by atoms with van der Waals surface area (Å²) in [5.41, 5.74) is 4.12. The quantitative estimate of drug-likeness (QED) is 0.757. The fourth-order valence-electron chi connectivity index (χ4n) is 3.73. The van der Waals surface area contributed by atoms with Gasteiger partial charge in [-0.15, -0.1) is 0 Å². The maximum absolute atomic E-state index is 12.8. The number of methoxy groups -OCH3 is 2. The molecule has 0 saturated heterocycles. The smallest absolute Gasteiger partial charge is 0.411 e. The average molecular weight is 353 g/mol. The van der Waals surface area contributed by atoms with Crippen molar-refractivity contribution >= 4 is 12.1 Å². The molecule has 0 unspecified atom stereocenters. The van der Waals surface area contributed by atoms with Crippen LogP contribution in [-0.4, -0.2) is 37.2 Å². The Morgan fingerprint density at radius 2 is 1.50 bits per heavy atom. The van der Waals surface area contributed by atoms with Gasteiger partial charge in [-0.1, -0.05) is 61.9 Å². The Bertz CT molecular complexity index is 772. The van der Waals surface area contributed by atoms with E-state index in [1.165, 1.54) is 19.1 Å². The molecule has 1 atom stereocenters. The van der Waals surface area contributed by atoms with Gasteiger partial charge in [-0.05, 0) is 28.7 Å². The topological polar surface area (TPSA) is 55.8 Å². The van der Waals surface area contributed by atoms with Gasteiger partial charge in [-0.3, -0.25) is 4.90 Å². The number of fused-ring (bicyclic) bond motifs is 3. The van der Waals surface area contributed by atoms with Gasteiger partial charge >= 0.3 is 12.1 Å². The van der Waals surface area contributed by atoms with E-state index < -0.39 is 18.1 Å². The summed E-state index contributed by atoms with van der Waals surface area (Å²) in [6.07, 6.45) is 0.705. The lowest BCUT2D eigenvalue weighted by Crippen LogP contribution is -2.47. The van der Waals surface area contributed by atoms with Crippen molar-refractivity contribution in [2.45, 2.75) is 31.8 Å². The fraction of sp³-hybridized carbons (Fsp3) is 0.333. The highest BCUT2D eigenvalue weighted by Gasteiger charge is 2.42. The molecule has 0 bridgehead atoms. The van der Waals surface area contributed by atoms with E-state index in [-0.39, 0.29) is 6.04 Å². The predicted octanol–water partition coefficient (Wildman–Crippen LogP) is 4.17. The Labute approximate surface area is 153 Å². The van der Waals surface area contributed by atoms with Crippen LogP contribution in [0.3, 0.4) is 0 Å². The maximum atomic E-state index is 12.8. The van der Waals surface area contributed by atoms with E-state index in [1.807, 2.05) is 55.5 Å². The first-order valence-corrected chi connectivity index (χ1v) is 8.76. The molecule has 1 aliphatic carbocycles. The largest absolute Gasteiger partial charge is 0.467 e. The van der Waals surface area contributed by atoms with E-state index in [1.54, 1.807) is 0 Å². The first-order valence-electron chi connectivity index (χ1n) is 8.76. The summed E-state index contributed by atoms with van der Waals surface area (Å²) in [6, 6.07) is 14.8. The molecule has 0 aliphatic heterocycles. The molecule has 1 amide bonds. The molecule has 0 aromatic heterocycles. The molecule has 5 heteroatoms. The summed E-state index contributed by atoms with van der Waals surface area (Å²) in [5.74, 6) is -0.431. The number of ether oxygens (including phenoxy) is 2. The van der Waals surface area contributed by atoms with Gasteiger partial charge < -0.3 is 9.47 Å². The minimum Gasteiger partial charge on any atom is -0.467 e. The first-order chi connectivity index (χ1) is 12.6. The minimum atomic E-state index is -0.707. The third-order valence-electron chi connectivity index (χ3n) is 4.84. The Morgan fingerprint density at radius 1 is 0.962 bits per heavy atom. The normalized spacial score (nSPS) is 13.5. The van der Waals surface area contributed by atoms with E-state index in [2.05, 4.69) is 0 Å². The Morgan fingerprint density at radius 3 is 1.96 bits per heavy atom. The SMILES string of the molecule is CCC[C@@H](C(=O)OC)N(C(=O)OC)C1c2ccccc2-c2ccccc21. The number of hydrogen-bond donors (Lipinski definition) is 0. The zero-order valence-corrected chi connectivity index (χ0v) is 15.3. The molecule has 0 spiro atoms. The number of carbonyl (C=O) groups is 2. The van der Waals surface area contributed by atoms with Crippen molar-refractivity contribution in [1.82, 2.24) is 4.90 Å². The number of carbonyl (C=O) groups excluding carboxylic acids is 2. The van der Waals surface area contributed by atoms with E-state index >= 15 is 0 Å². The van der Waals surface area contributed by atoms with Crippen LogP contribution in [0.2, 0.25) is 0 Å². The van der Waals surface area contributed by atoms with E-state index in [0.29, 0.717) is 6.42 Å². The Hall–Kier alpha value is -2.82. The van der Waals surface area contributed by atoms with Crippen LogP contribution in [0.25, 0.3) is 11.1 Å². The molecule has 3 rings (SSSR count). The van der Waals surface area contributed by atoms with Crippen LogP contribution in [0.1, 0.15) is 36.9 Å². The van der Waals surface area contributed by atoms with Crippen molar-refractivity contribution in [3.8, 4) is 11.1 Å². The summed E-state index contributed by atoms with van der Waals surface area (Å²) in [7, 11) is 2.68. The highest BCUT2D eigenvalue weighted by molar-refractivity contribution is 5.85. The van der Waals surface area contributed by atoms with Crippen LogP contribution in [0.5, 0.6) is 0 Å². The Balaban J connectivity index is 2.18. The molecular weight excluding hydrogens is 330 g/mol. The highest BCUT2D eigenvalue weighted by Crippen LogP contribution is 2.47.